The van der Waals surface area contributed by atoms with Gasteiger partial charge in [0.1, 0.15) is 5.25 Å². The number of carbonyl (C=O) groups is 1. The van der Waals surface area contributed by atoms with E-state index in [1.165, 1.54) is 0 Å². The van der Waals surface area contributed by atoms with Crippen LogP contribution in [-0.4, -0.2) is 45.7 Å². The third kappa shape index (κ3) is 3.56. The van der Waals surface area contributed by atoms with Crippen molar-refractivity contribution in [2.24, 2.45) is 11.7 Å². The number of likely N-dealkylation sites (tertiary alicyclic amines) is 1. The molecule has 0 saturated carbocycles. The second-order valence-corrected chi connectivity index (χ2v) is 6.36. The minimum atomic E-state index is -1.09. The van der Waals surface area contributed by atoms with E-state index in [1.54, 1.807) is 6.92 Å². The Morgan fingerprint density at radius 2 is 1.94 bits per heavy atom. The molecule has 0 spiro atoms. The average Bonchev–Trinajstić information content (AvgIpc) is 2.80. The summed E-state index contributed by atoms with van der Waals surface area (Å²) >= 11 is 0. The second-order valence-electron chi connectivity index (χ2n) is 4.56. The van der Waals surface area contributed by atoms with Gasteiger partial charge in [-0.15, -0.1) is 0 Å². The van der Waals surface area contributed by atoms with Crippen molar-refractivity contribution < 1.29 is 9.00 Å². The van der Waals surface area contributed by atoms with Crippen LogP contribution >= 0.6 is 0 Å². The molecule has 1 amide bonds. The fourth-order valence-electron chi connectivity index (χ4n) is 1.80. The average molecular weight is 246 g/mol. The molecule has 0 aromatic rings. The zero-order valence-electron chi connectivity index (χ0n) is 10.1. The smallest absolute Gasteiger partial charge is 0.238 e. The Labute approximate surface area is 100 Å². The molecule has 4 nitrogen and oxygen atoms in total. The normalized spacial score (nSPS) is 21.8. The molecule has 2 N–H and O–H groups in total. The van der Waals surface area contributed by atoms with Crippen LogP contribution in [0.3, 0.4) is 0 Å². The Morgan fingerprint density at radius 3 is 2.44 bits per heavy atom. The number of nitrogens with zero attached hydrogens (tertiary/aromatic N) is 1. The highest BCUT2D eigenvalue weighted by Crippen LogP contribution is 2.12. The molecule has 0 aromatic heterocycles. The summed E-state index contributed by atoms with van der Waals surface area (Å²) in [5.41, 5.74) is 5.49. The maximum Gasteiger partial charge on any atom is 0.238 e. The van der Waals surface area contributed by atoms with E-state index in [2.05, 4.69) is 0 Å². The molecular weight excluding hydrogens is 224 g/mol. The highest BCUT2D eigenvalue weighted by atomic mass is 32.2. The number of nitrogens with two attached hydrogens (primary N) is 1. The van der Waals surface area contributed by atoms with Crippen molar-refractivity contribution in [3.8, 4) is 0 Å². The van der Waals surface area contributed by atoms with E-state index >= 15 is 0 Å². The third-order valence-corrected chi connectivity index (χ3v) is 4.90. The van der Waals surface area contributed by atoms with E-state index in [1.807, 2.05) is 11.8 Å². The molecule has 1 aliphatic heterocycles. The van der Waals surface area contributed by atoms with Gasteiger partial charge in [-0.25, -0.2) is 0 Å². The molecule has 3 atom stereocenters. The van der Waals surface area contributed by atoms with E-state index < -0.39 is 10.8 Å². The van der Waals surface area contributed by atoms with Crippen molar-refractivity contribution in [3.05, 3.63) is 0 Å². The van der Waals surface area contributed by atoms with Crippen LogP contribution in [0.5, 0.6) is 0 Å². The van der Waals surface area contributed by atoms with Gasteiger partial charge in [0, 0.05) is 29.6 Å². The standard InChI is InChI=1S/C11H22N2O2S/c1-9(7-12)8-16(15)10(2)11(14)13-5-3-4-6-13/h9-10H,3-8,12H2,1-2H3. The highest BCUT2D eigenvalue weighted by Gasteiger charge is 2.27. The maximum absolute atomic E-state index is 12.0. The fourth-order valence-corrected chi connectivity index (χ4v) is 3.16. The maximum atomic E-state index is 12.0. The lowest BCUT2D eigenvalue weighted by molar-refractivity contribution is -0.129. The summed E-state index contributed by atoms with van der Waals surface area (Å²) in [4.78, 5) is 13.8. The van der Waals surface area contributed by atoms with Crippen LogP contribution in [0, 0.1) is 5.92 Å². The van der Waals surface area contributed by atoms with Gasteiger partial charge in [0.2, 0.25) is 5.91 Å². The van der Waals surface area contributed by atoms with Crippen molar-refractivity contribution in [3.63, 3.8) is 0 Å². The van der Waals surface area contributed by atoms with Gasteiger partial charge in [-0.2, -0.15) is 0 Å². The zero-order valence-corrected chi connectivity index (χ0v) is 11.0. The molecule has 1 saturated heterocycles. The molecule has 0 bridgehead atoms. The van der Waals surface area contributed by atoms with E-state index in [0.29, 0.717) is 12.3 Å². The molecule has 5 heteroatoms. The summed E-state index contributed by atoms with van der Waals surface area (Å²) in [5, 5.41) is -0.382. The molecule has 0 aliphatic carbocycles. The van der Waals surface area contributed by atoms with Gasteiger partial charge in [-0.05, 0) is 32.2 Å². The molecule has 1 rings (SSSR count). The number of rotatable bonds is 5. The predicted octanol–water partition coefficient (Wildman–Crippen LogP) is 0.341. The SMILES string of the molecule is CC(CN)CS(=O)C(C)C(=O)N1CCCC1. The van der Waals surface area contributed by atoms with Crippen LogP contribution in [-0.2, 0) is 15.6 Å². The van der Waals surface area contributed by atoms with Gasteiger partial charge < -0.3 is 10.6 Å². The third-order valence-electron chi connectivity index (χ3n) is 3.01. The highest BCUT2D eigenvalue weighted by molar-refractivity contribution is 7.86. The largest absolute Gasteiger partial charge is 0.342 e. The van der Waals surface area contributed by atoms with E-state index in [4.69, 9.17) is 5.73 Å². The van der Waals surface area contributed by atoms with Crippen LogP contribution in [0.2, 0.25) is 0 Å². The molecule has 1 aliphatic rings. The quantitative estimate of drug-likeness (QED) is 0.761. The summed E-state index contributed by atoms with van der Waals surface area (Å²) in [5.74, 6) is 0.784. The molecular formula is C11H22N2O2S. The Hall–Kier alpha value is -0.420. The number of hydrogen-bond acceptors (Lipinski definition) is 3. The van der Waals surface area contributed by atoms with E-state index in [-0.39, 0.29) is 17.1 Å². The lowest BCUT2D eigenvalue weighted by atomic mass is 10.2. The molecule has 16 heavy (non-hydrogen) atoms. The fraction of sp³-hybridized carbons (Fsp3) is 0.909. The first-order chi connectivity index (χ1) is 7.56. The molecule has 3 unspecified atom stereocenters. The molecule has 0 radical (unpaired) electrons. The topological polar surface area (TPSA) is 63.4 Å². The minimum absolute atomic E-state index is 0.0417. The van der Waals surface area contributed by atoms with Gasteiger partial charge in [-0.3, -0.25) is 9.00 Å². The van der Waals surface area contributed by atoms with Crippen LogP contribution in [0.15, 0.2) is 0 Å². The Kier molecular flexibility index (Phi) is 5.41. The van der Waals surface area contributed by atoms with Crippen molar-refractivity contribution in [1.29, 1.82) is 0 Å². The Balaban J connectivity index is 2.45. The first-order valence-electron chi connectivity index (χ1n) is 5.92. The van der Waals surface area contributed by atoms with Gasteiger partial charge in [0.05, 0.1) is 0 Å². The van der Waals surface area contributed by atoms with Gasteiger partial charge in [0.15, 0.2) is 0 Å². The van der Waals surface area contributed by atoms with Crippen molar-refractivity contribution >= 4 is 16.7 Å². The summed E-state index contributed by atoms with van der Waals surface area (Å²) in [6.07, 6.45) is 2.15. The van der Waals surface area contributed by atoms with Crippen LogP contribution in [0.25, 0.3) is 0 Å². The van der Waals surface area contributed by atoms with Crippen molar-refractivity contribution in [1.82, 2.24) is 4.90 Å². The van der Waals surface area contributed by atoms with Crippen LogP contribution in [0.1, 0.15) is 26.7 Å². The summed E-state index contributed by atoms with van der Waals surface area (Å²) in [6, 6.07) is 0. The number of amides is 1. The first kappa shape index (κ1) is 13.6. The second kappa shape index (κ2) is 6.35. The molecule has 1 fully saturated rings. The predicted molar refractivity (Wildman–Crippen MR) is 66.5 cm³/mol. The molecule has 1 heterocycles. The first-order valence-corrected chi connectivity index (χ1v) is 7.30. The zero-order chi connectivity index (χ0) is 12.1. The lowest BCUT2D eigenvalue weighted by Gasteiger charge is -2.20. The Morgan fingerprint density at radius 1 is 1.38 bits per heavy atom. The lowest BCUT2D eigenvalue weighted by Crippen LogP contribution is -2.39. The van der Waals surface area contributed by atoms with E-state index in [9.17, 15) is 9.00 Å². The van der Waals surface area contributed by atoms with Crippen LogP contribution < -0.4 is 5.73 Å². The monoisotopic (exact) mass is 246 g/mol. The van der Waals surface area contributed by atoms with Crippen molar-refractivity contribution in [2.45, 2.75) is 31.9 Å². The minimum Gasteiger partial charge on any atom is -0.342 e. The van der Waals surface area contributed by atoms with Gasteiger partial charge in [0.25, 0.3) is 0 Å². The molecule has 94 valence electrons. The number of hydrogen-bond donors (Lipinski definition) is 1. The summed E-state index contributed by atoms with van der Waals surface area (Å²) in [6.45, 7) is 5.90. The number of carbonyl (C=O) groups excluding carboxylic acids is 1. The summed E-state index contributed by atoms with van der Waals surface area (Å²) < 4.78 is 11.9. The summed E-state index contributed by atoms with van der Waals surface area (Å²) in [7, 11) is -1.09. The Bertz CT molecular complexity index is 265. The van der Waals surface area contributed by atoms with Crippen molar-refractivity contribution in [2.75, 3.05) is 25.4 Å². The molecule has 0 aromatic carbocycles. The van der Waals surface area contributed by atoms with Crippen LogP contribution in [0.4, 0.5) is 0 Å². The van der Waals surface area contributed by atoms with Gasteiger partial charge in [-0.1, -0.05) is 6.92 Å². The van der Waals surface area contributed by atoms with Gasteiger partial charge >= 0.3 is 0 Å². The van der Waals surface area contributed by atoms with E-state index in [0.717, 1.165) is 25.9 Å².